The molecule has 0 saturated heterocycles. The second-order valence-electron chi connectivity index (χ2n) is 7.75. The number of rotatable bonds is 9. The standard InChI is InChI=1S/C26H31N3O3/c1-5-18(6-2)21-9-7-8-10-24(21)32-20-13-11-19(12-14-20)28-26(30)22-15-17(3)23(16-31-4)29-25(22)27/h7-15,18H,5-6,16H2,1-4H3,(H2,27,29)(H,28,30). The van der Waals surface area contributed by atoms with Crippen molar-refractivity contribution < 1.29 is 14.3 Å². The van der Waals surface area contributed by atoms with Crippen LogP contribution in [-0.4, -0.2) is 18.0 Å². The molecule has 6 nitrogen and oxygen atoms in total. The Kier molecular flexibility index (Phi) is 7.84. The average molecular weight is 434 g/mol. The van der Waals surface area contributed by atoms with Crippen LogP contribution in [0.1, 0.15) is 59.8 Å². The average Bonchev–Trinajstić information content (AvgIpc) is 2.79. The molecule has 0 aliphatic heterocycles. The number of amides is 1. The lowest BCUT2D eigenvalue weighted by molar-refractivity contribution is 0.102. The smallest absolute Gasteiger partial charge is 0.259 e. The van der Waals surface area contributed by atoms with Crippen molar-refractivity contribution in [2.24, 2.45) is 0 Å². The van der Waals surface area contributed by atoms with Crippen LogP contribution in [0.15, 0.2) is 54.6 Å². The number of nitrogens with two attached hydrogens (primary N) is 1. The Bertz CT molecular complexity index is 1060. The van der Waals surface area contributed by atoms with E-state index in [9.17, 15) is 4.79 Å². The number of carbonyl (C=O) groups is 1. The highest BCUT2D eigenvalue weighted by Crippen LogP contribution is 2.34. The molecule has 0 fully saturated rings. The molecule has 3 rings (SSSR count). The number of nitrogens with one attached hydrogen (secondary N) is 1. The zero-order valence-corrected chi connectivity index (χ0v) is 19.1. The van der Waals surface area contributed by atoms with E-state index in [1.807, 2.05) is 49.4 Å². The molecule has 32 heavy (non-hydrogen) atoms. The second kappa shape index (κ2) is 10.8. The van der Waals surface area contributed by atoms with Crippen LogP contribution in [0.5, 0.6) is 11.5 Å². The van der Waals surface area contributed by atoms with Crippen LogP contribution < -0.4 is 15.8 Å². The zero-order valence-electron chi connectivity index (χ0n) is 19.1. The van der Waals surface area contributed by atoms with Crippen molar-refractivity contribution in [2.75, 3.05) is 18.2 Å². The van der Waals surface area contributed by atoms with Crippen LogP contribution in [0.25, 0.3) is 0 Å². The van der Waals surface area contributed by atoms with Gasteiger partial charge in [0.05, 0.1) is 17.9 Å². The third-order valence-corrected chi connectivity index (χ3v) is 5.56. The summed E-state index contributed by atoms with van der Waals surface area (Å²) in [6.45, 7) is 6.61. The van der Waals surface area contributed by atoms with Gasteiger partial charge in [-0.15, -0.1) is 0 Å². The second-order valence-corrected chi connectivity index (χ2v) is 7.75. The molecule has 168 valence electrons. The third-order valence-electron chi connectivity index (χ3n) is 5.56. The molecule has 0 radical (unpaired) electrons. The summed E-state index contributed by atoms with van der Waals surface area (Å²) in [6.07, 6.45) is 2.12. The van der Waals surface area contributed by atoms with Crippen molar-refractivity contribution in [1.82, 2.24) is 4.98 Å². The minimum absolute atomic E-state index is 0.179. The van der Waals surface area contributed by atoms with E-state index >= 15 is 0 Å². The van der Waals surface area contributed by atoms with Crippen LogP contribution in [-0.2, 0) is 11.3 Å². The molecule has 3 N–H and O–H groups in total. The maximum Gasteiger partial charge on any atom is 0.259 e. The lowest BCUT2D eigenvalue weighted by atomic mass is 9.93. The van der Waals surface area contributed by atoms with E-state index < -0.39 is 0 Å². The molecule has 0 saturated carbocycles. The number of benzene rings is 2. The topological polar surface area (TPSA) is 86.5 Å². The molecule has 2 aromatic carbocycles. The van der Waals surface area contributed by atoms with Gasteiger partial charge in [0.1, 0.15) is 17.3 Å². The number of pyridine rings is 1. The van der Waals surface area contributed by atoms with E-state index in [4.69, 9.17) is 15.2 Å². The van der Waals surface area contributed by atoms with Gasteiger partial charge in [0.25, 0.3) is 5.91 Å². The molecule has 1 aromatic heterocycles. The van der Waals surface area contributed by atoms with Gasteiger partial charge in [-0.3, -0.25) is 4.79 Å². The molecule has 0 bridgehead atoms. The first-order chi connectivity index (χ1) is 15.5. The summed E-state index contributed by atoms with van der Waals surface area (Å²) in [4.78, 5) is 17.0. The first kappa shape index (κ1) is 23.3. The summed E-state index contributed by atoms with van der Waals surface area (Å²) in [5, 5.41) is 2.87. The van der Waals surface area contributed by atoms with Crippen molar-refractivity contribution in [2.45, 2.75) is 46.1 Å². The predicted molar refractivity (Wildman–Crippen MR) is 128 cm³/mol. The van der Waals surface area contributed by atoms with E-state index in [1.165, 1.54) is 5.56 Å². The van der Waals surface area contributed by atoms with E-state index in [0.29, 0.717) is 29.5 Å². The molecule has 0 atom stereocenters. The molecular weight excluding hydrogens is 402 g/mol. The minimum Gasteiger partial charge on any atom is -0.457 e. The molecule has 3 aromatic rings. The summed E-state index contributed by atoms with van der Waals surface area (Å²) in [6, 6.07) is 17.2. The number of hydrogen-bond acceptors (Lipinski definition) is 5. The summed E-state index contributed by atoms with van der Waals surface area (Å²) < 4.78 is 11.3. The highest BCUT2D eigenvalue weighted by Gasteiger charge is 2.15. The quantitative estimate of drug-likeness (QED) is 0.428. The number of anilines is 2. The Morgan fingerprint density at radius 2 is 1.78 bits per heavy atom. The van der Waals surface area contributed by atoms with Gasteiger partial charge in [-0.25, -0.2) is 4.98 Å². The maximum absolute atomic E-state index is 12.7. The van der Waals surface area contributed by atoms with Crippen molar-refractivity contribution in [3.63, 3.8) is 0 Å². The van der Waals surface area contributed by atoms with Gasteiger partial charge in [-0.05, 0) is 73.2 Å². The number of para-hydroxylation sites is 1. The number of ether oxygens (including phenoxy) is 2. The van der Waals surface area contributed by atoms with Crippen molar-refractivity contribution in [3.05, 3.63) is 77.0 Å². The number of nitrogen functional groups attached to an aromatic ring is 1. The fraction of sp³-hybridized carbons (Fsp3) is 0.308. The van der Waals surface area contributed by atoms with Gasteiger partial charge in [-0.1, -0.05) is 32.0 Å². The van der Waals surface area contributed by atoms with Gasteiger partial charge in [-0.2, -0.15) is 0 Å². The SMILES string of the molecule is CCC(CC)c1ccccc1Oc1ccc(NC(=O)c2cc(C)c(COC)nc2N)cc1. The minimum atomic E-state index is -0.310. The molecule has 0 aliphatic carbocycles. The highest BCUT2D eigenvalue weighted by molar-refractivity contribution is 6.07. The number of nitrogens with zero attached hydrogens (tertiary/aromatic N) is 1. The summed E-state index contributed by atoms with van der Waals surface area (Å²) in [7, 11) is 1.59. The fourth-order valence-electron chi connectivity index (χ4n) is 3.70. The third kappa shape index (κ3) is 5.45. The van der Waals surface area contributed by atoms with E-state index in [2.05, 4.69) is 30.2 Å². The molecule has 6 heteroatoms. The number of hydrogen-bond donors (Lipinski definition) is 2. The van der Waals surface area contributed by atoms with Crippen LogP contribution in [0.4, 0.5) is 11.5 Å². The summed E-state index contributed by atoms with van der Waals surface area (Å²) >= 11 is 0. The number of aryl methyl sites for hydroxylation is 1. The number of carbonyl (C=O) groups excluding carboxylic acids is 1. The van der Waals surface area contributed by atoms with Crippen LogP contribution in [0.2, 0.25) is 0 Å². The lowest BCUT2D eigenvalue weighted by Crippen LogP contribution is -2.16. The van der Waals surface area contributed by atoms with Crippen molar-refractivity contribution >= 4 is 17.4 Å². The normalized spacial score (nSPS) is 10.9. The molecule has 0 unspecified atom stereocenters. The zero-order chi connectivity index (χ0) is 23.1. The molecular formula is C26H31N3O3. The summed E-state index contributed by atoms with van der Waals surface area (Å²) in [5.41, 5.74) is 9.77. The first-order valence-corrected chi connectivity index (χ1v) is 10.9. The molecule has 1 amide bonds. The Hall–Kier alpha value is -3.38. The highest BCUT2D eigenvalue weighted by atomic mass is 16.5. The van der Waals surface area contributed by atoms with Gasteiger partial charge in [0.15, 0.2) is 0 Å². The Morgan fingerprint density at radius 3 is 2.44 bits per heavy atom. The Labute approximate surface area is 189 Å². The van der Waals surface area contributed by atoms with E-state index in [-0.39, 0.29) is 11.7 Å². The largest absolute Gasteiger partial charge is 0.457 e. The Morgan fingerprint density at radius 1 is 1.09 bits per heavy atom. The lowest BCUT2D eigenvalue weighted by Gasteiger charge is -2.18. The van der Waals surface area contributed by atoms with E-state index in [0.717, 1.165) is 29.8 Å². The van der Waals surface area contributed by atoms with Crippen LogP contribution >= 0.6 is 0 Å². The molecule has 0 spiro atoms. The van der Waals surface area contributed by atoms with Crippen LogP contribution in [0, 0.1) is 6.92 Å². The van der Waals surface area contributed by atoms with Crippen molar-refractivity contribution in [3.8, 4) is 11.5 Å². The first-order valence-electron chi connectivity index (χ1n) is 10.9. The van der Waals surface area contributed by atoms with Gasteiger partial charge >= 0.3 is 0 Å². The van der Waals surface area contributed by atoms with E-state index in [1.54, 1.807) is 13.2 Å². The molecule has 1 heterocycles. The van der Waals surface area contributed by atoms with Gasteiger partial charge in [0.2, 0.25) is 0 Å². The van der Waals surface area contributed by atoms with Gasteiger partial charge in [0, 0.05) is 12.8 Å². The predicted octanol–water partition coefficient (Wildman–Crippen LogP) is 6.07. The van der Waals surface area contributed by atoms with Crippen molar-refractivity contribution in [1.29, 1.82) is 0 Å². The monoisotopic (exact) mass is 433 g/mol. The van der Waals surface area contributed by atoms with Gasteiger partial charge < -0.3 is 20.5 Å². The Balaban J connectivity index is 1.72. The van der Waals surface area contributed by atoms with Crippen LogP contribution in [0.3, 0.4) is 0 Å². The maximum atomic E-state index is 12.7. The fourth-order valence-corrected chi connectivity index (χ4v) is 3.70. The molecule has 0 aliphatic rings. The number of aromatic nitrogens is 1. The number of methoxy groups -OCH3 is 1. The summed E-state index contributed by atoms with van der Waals surface area (Å²) in [5.74, 6) is 1.90.